The molecule has 18 heavy (non-hydrogen) atoms. The van der Waals surface area contributed by atoms with Gasteiger partial charge in [-0.3, -0.25) is 14.9 Å². The van der Waals surface area contributed by atoms with Crippen LogP contribution in [0.25, 0.3) is 0 Å². The standard InChI is InChI=1S/C11H15N3O4/c1-8(2)6-13(7-11(15)16)10-5-9(14(17)18)3-4-12-10/h3-5,8H,6-7H2,1-2H3,(H,15,16). The Morgan fingerprint density at radius 1 is 1.61 bits per heavy atom. The highest BCUT2D eigenvalue weighted by molar-refractivity contribution is 5.73. The van der Waals surface area contributed by atoms with Gasteiger partial charge in [-0.15, -0.1) is 0 Å². The van der Waals surface area contributed by atoms with Crippen LogP contribution in [-0.4, -0.2) is 34.1 Å². The Hall–Kier alpha value is -2.18. The molecule has 0 atom stereocenters. The Morgan fingerprint density at radius 3 is 2.78 bits per heavy atom. The lowest BCUT2D eigenvalue weighted by Crippen LogP contribution is -2.33. The molecule has 0 amide bonds. The van der Waals surface area contributed by atoms with Gasteiger partial charge in [-0.2, -0.15) is 0 Å². The molecule has 98 valence electrons. The molecule has 7 nitrogen and oxygen atoms in total. The number of aromatic nitrogens is 1. The van der Waals surface area contributed by atoms with Gasteiger partial charge in [0.1, 0.15) is 12.4 Å². The summed E-state index contributed by atoms with van der Waals surface area (Å²) in [4.78, 5) is 26.4. The summed E-state index contributed by atoms with van der Waals surface area (Å²) in [6.45, 7) is 4.12. The van der Waals surface area contributed by atoms with Gasteiger partial charge < -0.3 is 10.0 Å². The molecule has 7 heteroatoms. The fraction of sp³-hybridized carbons (Fsp3) is 0.455. The second kappa shape index (κ2) is 5.95. The third-order valence-corrected chi connectivity index (χ3v) is 2.18. The molecule has 1 N–H and O–H groups in total. The van der Waals surface area contributed by atoms with Crippen molar-refractivity contribution in [2.75, 3.05) is 18.0 Å². The van der Waals surface area contributed by atoms with Gasteiger partial charge in [-0.25, -0.2) is 4.98 Å². The van der Waals surface area contributed by atoms with Gasteiger partial charge in [-0.1, -0.05) is 13.8 Å². The molecular formula is C11H15N3O4. The second-order valence-electron chi connectivity index (χ2n) is 4.30. The third kappa shape index (κ3) is 4.00. The van der Waals surface area contributed by atoms with E-state index < -0.39 is 10.9 Å². The molecule has 0 aliphatic rings. The lowest BCUT2D eigenvalue weighted by atomic mass is 10.2. The fourth-order valence-corrected chi connectivity index (χ4v) is 1.54. The van der Waals surface area contributed by atoms with Gasteiger partial charge in [0.15, 0.2) is 0 Å². The number of nitro groups is 1. The largest absolute Gasteiger partial charge is 0.480 e. The second-order valence-corrected chi connectivity index (χ2v) is 4.30. The highest BCUT2D eigenvalue weighted by atomic mass is 16.6. The number of hydrogen-bond acceptors (Lipinski definition) is 5. The van der Waals surface area contributed by atoms with Crippen molar-refractivity contribution in [3.63, 3.8) is 0 Å². The van der Waals surface area contributed by atoms with Gasteiger partial charge in [0.25, 0.3) is 5.69 Å². The minimum atomic E-state index is -0.996. The zero-order valence-corrected chi connectivity index (χ0v) is 10.2. The number of aliphatic carboxylic acids is 1. The Morgan fingerprint density at radius 2 is 2.28 bits per heavy atom. The van der Waals surface area contributed by atoms with Crippen molar-refractivity contribution in [3.05, 3.63) is 28.4 Å². The molecule has 0 radical (unpaired) electrons. The van der Waals surface area contributed by atoms with Crippen molar-refractivity contribution >= 4 is 17.5 Å². The van der Waals surface area contributed by atoms with Crippen LogP contribution in [0.2, 0.25) is 0 Å². The van der Waals surface area contributed by atoms with E-state index in [0.717, 1.165) is 0 Å². The van der Waals surface area contributed by atoms with Crippen LogP contribution in [-0.2, 0) is 4.79 Å². The summed E-state index contributed by atoms with van der Waals surface area (Å²) in [5.41, 5.74) is -0.0980. The number of rotatable bonds is 6. The average molecular weight is 253 g/mol. The summed E-state index contributed by atoms with van der Waals surface area (Å²) in [5, 5.41) is 19.5. The van der Waals surface area contributed by atoms with Crippen LogP contribution in [0.15, 0.2) is 18.3 Å². The summed E-state index contributed by atoms with van der Waals surface area (Å²) in [6, 6.07) is 2.56. The normalized spacial score (nSPS) is 10.4. The predicted octanol–water partition coefficient (Wildman–Crippen LogP) is 1.54. The molecule has 1 heterocycles. The number of nitrogens with zero attached hydrogens (tertiary/aromatic N) is 3. The Balaban J connectivity index is 3.00. The van der Waals surface area contributed by atoms with E-state index in [0.29, 0.717) is 12.4 Å². The third-order valence-electron chi connectivity index (χ3n) is 2.18. The van der Waals surface area contributed by atoms with E-state index in [-0.39, 0.29) is 18.2 Å². The maximum Gasteiger partial charge on any atom is 0.323 e. The van der Waals surface area contributed by atoms with E-state index in [1.54, 1.807) is 0 Å². The van der Waals surface area contributed by atoms with Crippen LogP contribution in [0, 0.1) is 16.0 Å². The molecule has 0 aromatic carbocycles. The molecule has 0 unspecified atom stereocenters. The summed E-state index contributed by atoms with van der Waals surface area (Å²) in [6.07, 6.45) is 1.31. The van der Waals surface area contributed by atoms with Crippen molar-refractivity contribution in [3.8, 4) is 0 Å². The maximum absolute atomic E-state index is 10.8. The molecule has 0 spiro atoms. The maximum atomic E-state index is 10.8. The molecule has 0 fully saturated rings. The van der Waals surface area contributed by atoms with Gasteiger partial charge in [0.2, 0.25) is 0 Å². The van der Waals surface area contributed by atoms with Gasteiger partial charge in [0, 0.05) is 18.8 Å². The predicted molar refractivity (Wildman–Crippen MR) is 65.6 cm³/mol. The molecule has 1 aromatic heterocycles. The minimum Gasteiger partial charge on any atom is -0.480 e. The molecule has 1 aromatic rings. The van der Waals surface area contributed by atoms with E-state index in [9.17, 15) is 14.9 Å². The van der Waals surface area contributed by atoms with Crippen molar-refractivity contribution in [1.82, 2.24) is 4.98 Å². The minimum absolute atomic E-state index is 0.0980. The van der Waals surface area contributed by atoms with Crippen LogP contribution in [0.4, 0.5) is 11.5 Å². The topological polar surface area (TPSA) is 96.6 Å². The first kappa shape index (κ1) is 13.9. The number of carboxylic acid groups (broad SMARTS) is 1. The van der Waals surface area contributed by atoms with Gasteiger partial charge in [-0.05, 0) is 5.92 Å². The molecule has 0 saturated carbocycles. The smallest absolute Gasteiger partial charge is 0.323 e. The van der Waals surface area contributed by atoms with Gasteiger partial charge in [0.05, 0.1) is 11.0 Å². The van der Waals surface area contributed by atoms with Crippen LogP contribution in [0.3, 0.4) is 0 Å². The summed E-state index contributed by atoms with van der Waals surface area (Å²) in [5.74, 6) is -0.463. The molecule has 0 aliphatic heterocycles. The Labute approximate surface area is 104 Å². The van der Waals surface area contributed by atoms with Crippen LogP contribution < -0.4 is 4.90 Å². The summed E-state index contributed by atoms with van der Waals surface area (Å²) in [7, 11) is 0. The first-order valence-electron chi connectivity index (χ1n) is 5.47. The highest BCUT2D eigenvalue weighted by Gasteiger charge is 2.16. The lowest BCUT2D eigenvalue weighted by molar-refractivity contribution is -0.384. The van der Waals surface area contributed by atoms with Crippen LogP contribution >= 0.6 is 0 Å². The summed E-state index contributed by atoms with van der Waals surface area (Å²) >= 11 is 0. The summed E-state index contributed by atoms with van der Waals surface area (Å²) < 4.78 is 0. The molecule has 1 rings (SSSR count). The Kier molecular flexibility index (Phi) is 4.59. The van der Waals surface area contributed by atoms with Crippen LogP contribution in [0.1, 0.15) is 13.8 Å². The number of carboxylic acids is 1. The van der Waals surface area contributed by atoms with Crippen molar-refractivity contribution < 1.29 is 14.8 Å². The Bertz CT molecular complexity index is 448. The zero-order valence-electron chi connectivity index (χ0n) is 10.2. The fourth-order valence-electron chi connectivity index (χ4n) is 1.54. The average Bonchev–Trinajstić information content (AvgIpc) is 2.27. The first-order valence-corrected chi connectivity index (χ1v) is 5.47. The molecular weight excluding hydrogens is 238 g/mol. The highest BCUT2D eigenvalue weighted by Crippen LogP contribution is 2.18. The quantitative estimate of drug-likeness (QED) is 0.610. The van der Waals surface area contributed by atoms with Crippen molar-refractivity contribution in [1.29, 1.82) is 0 Å². The van der Waals surface area contributed by atoms with E-state index in [1.807, 2.05) is 13.8 Å². The monoisotopic (exact) mass is 253 g/mol. The SMILES string of the molecule is CC(C)CN(CC(=O)O)c1cc([N+](=O)[O-])ccn1. The molecule has 0 bridgehead atoms. The zero-order chi connectivity index (χ0) is 13.7. The molecule has 0 aliphatic carbocycles. The lowest BCUT2D eigenvalue weighted by Gasteiger charge is -2.23. The number of carbonyl (C=O) groups is 1. The van der Waals surface area contributed by atoms with E-state index in [2.05, 4.69) is 4.98 Å². The number of anilines is 1. The van der Waals surface area contributed by atoms with Crippen molar-refractivity contribution in [2.45, 2.75) is 13.8 Å². The van der Waals surface area contributed by atoms with E-state index >= 15 is 0 Å². The number of hydrogen-bond donors (Lipinski definition) is 1. The van der Waals surface area contributed by atoms with E-state index in [1.165, 1.54) is 23.2 Å². The molecule has 0 saturated heterocycles. The van der Waals surface area contributed by atoms with Crippen molar-refractivity contribution in [2.24, 2.45) is 5.92 Å². The van der Waals surface area contributed by atoms with E-state index in [4.69, 9.17) is 5.11 Å². The van der Waals surface area contributed by atoms with Crippen LogP contribution in [0.5, 0.6) is 0 Å². The number of pyridine rings is 1. The first-order chi connectivity index (χ1) is 8.40. The van der Waals surface area contributed by atoms with Gasteiger partial charge >= 0.3 is 5.97 Å².